The van der Waals surface area contributed by atoms with E-state index in [1.165, 1.54) is 5.56 Å². The fourth-order valence-corrected chi connectivity index (χ4v) is 2.44. The number of nitrogens with one attached hydrogen (secondary N) is 1. The third-order valence-electron chi connectivity index (χ3n) is 3.28. The van der Waals surface area contributed by atoms with Gasteiger partial charge < -0.3 is 15.0 Å². The van der Waals surface area contributed by atoms with E-state index in [1.54, 1.807) is 7.11 Å². The summed E-state index contributed by atoms with van der Waals surface area (Å²) in [6.45, 7) is 1.33. The van der Waals surface area contributed by atoms with E-state index in [4.69, 9.17) is 28.6 Å². The van der Waals surface area contributed by atoms with Crippen LogP contribution in [0.25, 0.3) is 0 Å². The van der Waals surface area contributed by atoms with Gasteiger partial charge in [-0.25, -0.2) is 0 Å². The van der Waals surface area contributed by atoms with Crippen LogP contribution in [0.1, 0.15) is 11.1 Å². The van der Waals surface area contributed by atoms with Crippen LogP contribution in [0.4, 0.5) is 0 Å². The molecule has 0 saturated carbocycles. The van der Waals surface area contributed by atoms with Crippen molar-refractivity contribution in [2.24, 2.45) is 0 Å². The molecular weight excluding hydrogens is 316 g/mol. The van der Waals surface area contributed by atoms with Crippen LogP contribution in [0, 0.1) is 0 Å². The van der Waals surface area contributed by atoms with Crippen molar-refractivity contribution in [2.45, 2.75) is 13.1 Å². The van der Waals surface area contributed by atoms with Crippen molar-refractivity contribution in [3.05, 3.63) is 64.7 Å². The zero-order valence-corrected chi connectivity index (χ0v) is 14.2. The zero-order valence-electron chi connectivity index (χ0n) is 12.7. The second-order valence-electron chi connectivity index (χ2n) is 4.96. The lowest BCUT2D eigenvalue weighted by Gasteiger charge is -2.22. The van der Waals surface area contributed by atoms with Gasteiger partial charge in [0, 0.05) is 30.7 Å². The summed E-state index contributed by atoms with van der Waals surface area (Å²) in [5, 5.41) is 4.63. The molecule has 0 aliphatic heterocycles. The lowest BCUT2D eigenvalue weighted by atomic mass is 10.2. The Morgan fingerprint density at radius 3 is 2.64 bits per heavy atom. The molecule has 0 atom stereocenters. The third-order valence-corrected chi connectivity index (χ3v) is 3.97. The summed E-state index contributed by atoms with van der Waals surface area (Å²) in [4.78, 5) is 1.96. The SMILES string of the molecule is COc1ccc(Cl)cc1CN(C)C(=S)NCc1ccccc1. The van der Waals surface area contributed by atoms with E-state index in [-0.39, 0.29) is 0 Å². The average molecular weight is 335 g/mol. The van der Waals surface area contributed by atoms with Crippen molar-refractivity contribution in [3.8, 4) is 5.75 Å². The normalized spacial score (nSPS) is 10.1. The maximum atomic E-state index is 6.06. The number of thiocarbonyl (C=S) groups is 1. The molecule has 0 bridgehead atoms. The van der Waals surface area contributed by atoms with Crippen LogP contribution in [0.3, 0.4) is 0 Å². The monoisotopic (exact) mass is 334 g/mol. The molecule has 2 rings (SSSR count). The number of nitrogens with zero attached hydrogens (tertiary/aromatic N) is 1. The fourth-order valence-electron chi connectivity index (χ4n) is 2.11. The van der Waals surface area contributed by atoms with Gasteiger partial charge in [0.2, 0.25) is 0 Å². The Bertz CT molecular complexity index is 634. The zero-order chi connectivity index (χ0) is 15.9. The Morgan fingerprint density at radius 2 is 1.95 bits per heavy atom. The van der Waals surface area contributed by atoms with E-state index in [9.17, 15) is 0 Å². The highest BCUT2D eigenvalue weighted by Crippen LogP contribution is 2.23. The van der Waals surface area contributed by atoms with Gasteiger partial charge in [0.1, 0.15) is 5.75 Å². The highest BCUT2D eigenvalue weighted by atomic mass is 35.5. The van der Waals surface area contributed by atoms with E-state index >= 15 is 0 Å². The minimum atomic E-state index is 0.629. The van der Waals surface area contributed by atoms with E-state index < -0.39 is 0 Å². The topological polar surface area (TPSA) is 24.5 Å². The smallest absolute Gasteiger partial charge is 0.169 e. The van der Waals surface area contributed by atoms with Gasteiger partial charge >= 0.3 is 0 Å². The Labute approximate surface area is 141 Å². The summed E-state index contributed by atoms with van der Waals surface area (Å²) >= 11 is 11.5. The highest BCUT2D eigenvalue weighted by molar-refractivity contribution is 7.80. The van der Waals surface area contributed by atoms with Gasteiger partial charge in [0.15, 0.2) is 5.11 Å². The number of ether oxygens (including phenoxy) is 1. The maximum Gasteiger partial charge on any atom is 0.169 e. The molecule has 0 heterocycles. The van der Waals surface area contributed by atoms with Crippen molar-refractivity contribution < 1.29 is 4.74 Å². The first-order chi connectivity index (χ1) is 10.6. The predicted octanol–water partition coefficient (Wildman–Crippen LogP) is 3.86. The van der Waals surface area contributed by atoms with Crippen LogP contribution in [0.15, 0.2) is 48.5 Å². The number of benzene rings is 2. The molecule has 0 amide bonds. The molecule has 116 valence electrons. The molecule has 0 radical (unpaired) electrons. The molecular formula is C17H19ClN2OS. The average Bonchev–Trinajstić information content (AvgIpc) is 2.53. The fraction of sp³-hybridized carbons (Fsp3) is 0.235. The van der Waals surface area contributed by atoms with Crippen molar-refractivity contribution >= 4 is 28.9 Å². The quantitative estimate of drug-likeness (QED) is 0.839. The molecule has 2 aromatic rings. The lowest BCUT2D eigenvalue weighted by molar-refractivity contribution is 0.397. The van der Waals surface area contributed by atoms with Gasteiger partial charge in [0.25, 0.3) is 0 Å². The van der Waals surface area contributed by atoms with Crippen LogP contribution in [-0.4, -0.2) is 24.2 Å². The van der Waals surface area contributed by atoms with Crippen molar-refractivity contribution in [3.63, 3.8) is 0 Å². The van der Waals surface area contributed by atoms with Crippen LogP contribution >= 0.6 is 23.8 Å². The maximum absolute atomic E-state index is 6.06. The molecule has 0 unspecified atom stereocenters. The Balaban J connectivity index is 1.95. The lowest BCUT2D eigenvalue weighted by Crippen LogP contribution is -2.36. The number of rotatable bonds is 5. The molecule has 0 fully saturated rings. The molecule has 0 aromatic heterocycles. The summed E-state index contributed by atoms with van der Waals surface area (Å²) in [5.41, 5.74) is 2.19. The minimum absolute atomic E-state index is 0.629. The summed E-state index contributed by atoms with van der Waals surface area (Å²) in [6, 6.07) is 15.7. The third kappa shape index (κ3) is 4.61. The van der Waals surface area contributed by atoms with E-state index in [0.29, 0.717) is 23.2 Å². The molecule has 0 aliphatic rings. The first-order valence-electron chi connectivity index (χ1n) is 6.95. The molecule has 22 heavy (non-hydrogen) atoms. The summed E-state index contributed by atoms with van der Waals surface area (Å²) < 4.78 is 5.36. The Hall–Kier alpha value is -1.78. The first kappa shape index (κ1) is 16.6. The van der Waals surface area contributed by atoms with Gasteiger partial charge in [0.05, 0.1) is 7.11 Å². The van der Waals surface area contributed by atoms with Gasteiger partial charge in [-0.05, 0) is 36.0 Å². The summed E-state index contributed by atoms with van der Waals surface area (Å²) in [6.07, 6.45) is 0. The Kier molecular flexibility index (Phi) is 6.04. The predicted molar refractivity (Wildman–Crippen MR) is 95.4 cm³/mol. The molecule has 2 aromatic carbocycles. The van der Waals surface area contributed by atoms with Gasteiger partial charge in [-0.3, -0.25) is 0 Å². The molecule has 1 N–H and O–H groups in total. The molecule has 0 saturated heterocycles. The standard InChI is InChI=1S/C17H19ClN2OS/c1-20(12-14-10-15(18)8-9-16(14)21-2)17(22)19-11-13-6-4-3-5-7-13/h3-10H,11-12H2,1-2H3,(H,19,22). The summed E-state index contributed by atoms with van der Waals surface area (Å²) in [5.74, 6) is 0.808. The number of hydrogen-bond donors (Lipinski definition) is 1. The van der Waals surface area contributed by atoms with Gasteiger partial charge in [-0.15, -0.1) is 0 Å². The van der Waals surface area contributed by atoms with E-state index in [1.807, 2.05) is 48.3 Å². The molecule has 0 aliphatic carbocycles. The van der Waals surface area contributed by atoms with Crippen LogP contribution in [0.2, 0.25) is 5.02 Å². The van der Waals surface area contributed by atoms with Crippen molar-refractivity contribution in [1.82, 2.24) is 10.2 Å². The van der Waals surface area contributed by atoms with E-state index in [2.05, 4.69) is 17.4 Å². The highest BCUT2D eigenvalue weighted by Gasteiger charge is 2.09. The first-order valence-corrected chi connectivity index (χ1v) is 7.74. The molecule has 5 heteroatoms. The van der Waals surface area contributed by atoms with Crippen LogP contribution in [-0.2, 0) is 13.1 Å². The number of hydrogen-bond acceptors (Lipinski definition) is 2. The van der Waals surface area contributed by atoms with Gasteiger partial charge in [-0.2, -0.15) is 0 Å². The van der Waals surface area contributed by atoms with Gasteiger partial charge in [-0.1, -0.05) is 41.9 Å². The minimum Gasteiger partial charge on any atom is -0.496 e. The summed E-state index contributed by atoms with van der Waals surface area (Å²) in [7, 11) is 3.60. The molecule has 3 nitrogen and oxygen atoms in total. The van der Waals surface area contributed by atoms with Crippen molar-refractivity contribution in [1.29, 1.82) is 0 Å². The molecule has 0 spiro atoms. The van der Waals surface area contributed by atoms with E-state index in [0.717, 1.165) is 11.3 Å². The largest absolute Gasteiger partial charge is 0.496 e. The van der Waals surface area contributed by atoms with Crippen LogP contribution < -0.4 is 10.1 Å². The van der Waals surface area contributed by atoms with Crippen molar-refractivity contribution in [2.75, 3.05) is 14.2 Å². The van der Waals surface area contributed by atoms with Crippen LogP contribution in [0.5, 0.6) is 5.75 Å². The Morgan fingerprint density at radius 1 is 1.23 bits per heavy atom. The second-order valence-corrected chi connectivity index (χ2v) is 5.78. The number of halogens is 1. The number of methoxy groups -OCH3 is 1. The second kappa shape index (κ2) is 8.01.